The van der Waals surface area contributed by atoms with Gasteiger partial charge in [-0.15, -0.1) is 0 Å². The van der Waals surface area contributed by atoms with Crippen LogP contribution in [0.4, 0.5) is 4.79 Å². The summed E-state index contributed by atoms with van der Waals surface area (Å²) in [4.78, 5) is 14.7. The van der Waals surface area contributed by atoms with Crippen molar-refractivity contribution in [2.45, 2.75) is 32.5 Å². The zero-order valence-electron chi connectivity index (χ0n) is 16.3. The number of nitrogens with one attached hydrogen (secondary N) is 2. The van der Waals surface area contributed by atoms with E-state index in [1.54, 1.807) is 0 Å². The smallest absolute Gasteiger partial charge is 0.315 e. The van der Waals surface area contributed by atoms with Gasteiger partial charge in [0.15, 0.2) is 0 Å². The molecule has 0 spiro atoms. The highest BCUT2D eigenvalue weighted by atomic mass is 79.9. The van der Waals surface area contributed by atoms with Crippen molar-refractivity contribution in [2.75, 3.05) is 26.3 Å². The van der Waals surface area contributed by atoms with Crippen LogP contribution in [-0.2, 0) is 17.8 Å². The van der Waals surface area contributed by atoms with Crippen molar-refractivity contribution < 1.29 is 9.53 Å². The number of benzene rings is 2. The van der Waals surface area contributed by atoms with E-state index in [0.29, 0.717) is 6.54 Å². The maximum atomic E-state index is 12.3. The van der Waals surface area contributed by atoms with Gasteiger partial charge in [-0.3, -0.25) is 4.90 Å². The van der Waals surface area contributed by atoms with Crippen molar-refractivity contribution >= 4 is 22.0 Å². The Bertz CT molecular complexity index is 743. The first-order chi connectivity index (χ1) is 13.6. The van der Waals surface area contributed by atoms with E-state index >= 15 is 0 Å². The van der Waals surface area contributed by atoms with Gasteiger partial charge in [-0.1, -0.05) is 59.3 Å². The number of hydrogen-bond donors (Lipinski definition) is 2. The molecule has 0 bridgehead atoms. The van der Waals surface area contributed by atoms with Gasteiger partial charge in [0.1, 0.15) is 0 Å². The Morgan fingerprint density at radius 1 is 1.07 bits per heavy atom. The van der Waals surface area contributed by atoms with E-state index < -0.39 is 0 Å². The van der Waals surface area contributed by atoms with Gasteiger partial charge >= 0.3 is 6.03 Å². The monoisotopic (exact) mass is 445 g/mol. The molecule has 1 saturated heterocycles. The van der Waals surface area contributed by atoms with E-state index in [9.17, 15) is 4.79 Å². The number of urea groups is 1. The Morgan fingerprint density at radius 2 is 1.71 bits per heavy atom. The number of rotatable bonds is 7. The van der Waals surface area contributed by atoms with Crippen molar-refractivity contribution in [3.8, 4) is 0 Å². The first-order valence-corrected chi connectivity index (χ1v) is 10.6. The van der Waals surface area contributed by atoms with E-state index in [4.69, 9.17) is 4.74 Å². The fraction of sp³-hybridized carbons (Fsp3) is 0.409. The van der Waals surface area contributed by atoms with Gasteiger partial charge in [-0.25, -0.2) is 4.79 Å². The Kier molecular flexibility index (Phi) is 7.89. The molecule has 1 fully saturated rings. The van der Waals surface area contributed by atoms with Gasteiger partial charge in [0.25, 0.3) is 0 Å². The fourth-order valence-corrected chi connectivity index (χ4v) is 3.55. The molecule has 1 heterocycles. The molecule has 0 unspecified atom stereocenters. The molecule has 0 radical (unpaired) electrons. The normalized spacial score (nSPS) is 15.8. The minimum absolute atomic E-state index is 0.00370. The van der Waals surface area contributed by atoms with Crippen LogP contribution in [0.3, 0.4) is 0 Å². The van der Waals surface area contributed by atoms with E-state index in [0.717, 1.165) is 54.9 Å². The average molecular weight is 446 g/mol. The van der Waals surface area contributed by atoms with Crippen molar-refractivity contribution in [1.29, 1.82) is 0 Å². The summed E-state index contributed by atoms with van der Waals surface area (Å²) in [5.74, 6) is 0. The first kappa shape index (κ1) is 20.8. The lowest BCUT2D eigenvalue weighted by atomic mass is 10.1. The van der Waals surface area contributed by atoms with Crippen LogP contribution in [-0.4, -0.2) is 37.2 Å². The second-order valence-electron chi connectivity index (χ2n) is 7.04. The first-order valence-electron chi connectivity index (χ1n) is 9.82. The topological polar surface area (TPSA) is 53.6 Å². The SMILES string of the molecule is CC[C@H](NC(=O)NCc1ccc(CN2CCOCC2)cc1)c1ccc(Br)cc1. The van der Waals surface area contributed by atoms with Gasteiger partial charge in [-0.2, -0.15) is 0 Å². The van der Waals surface area contributed by atoms with Crippen LogP contribution >= 0.6 is 15.9 Å². The Balaban J connectivity index is 1.46. The minimum atomic E-state index is -0.146. The molecule has 0 aliphatic carbocycles. The highest BCUT2D eigenvalue weighted by Crippen LogP contribution is 2.19. The average Bonchev–Trinajstić information content (AvgIpc) is 2.73. The predicted octanol–water partition coefficient (Wildman–Crippen LogP) is 4.23. The molecule has 2 amide bonds. The molecule has 5 nitrogen and oxygen atoms in total. The number of morpholine rings is 1. The Morgan fingerprint density at radius 3 is 2.36 bits per heavy atom. The third-order valence-corrected chi connectivity index (χ3v) is 5.50. The molecular formula is C22H28BrN3O2. The van der Waals surface area contributed by atoms with Crippen LogP contribution in [0.25, 0.3) is 0 Å². The number of carbonyl (C=O) groups is 1. The van der Waals surface area contributed by atoms with Crippen LogP contribution < -0.4 is 10.6 Å². The van der Waals surface area contributed by atoms with Gasteiger partial charge in [-0.05, 0) is 35.2 Å². The largest absolute Gasteiger partial charge is 0.379 e. The van der Waals surface area contributed by atoms with Crippen molar-refractivity contribution in [3.63, 3.8) is 0 Å². The molecule has 1 aliphatic heterocycles. The van der Waals surface area contributed by atoms with Gasteiger partial charge in [0, 0.05) is 30.7 Å². The van der Waals surface area contributed by atoms with Crippen molar-refractivity contribution in [1.82, 2.24) is 15.5 Å². The zero-order valence-corrected chi connectivity index (χ0v) is 17.9. The predicted molar refractivity (Wildman–Crippen MR) is 115 cm³/mol. The Labute approximate surface area is 175 Å². The number of hydrogen-bond acceptors (Lipinski definition) is 3. The Hall–Kier alpha value is -1.89. The third kappa shape index (κ3) is 6.33. The lowest BCUT2D eigenvalue weighted by Crippen LogP contribution is -2.37. The fourth-order valence-electron chi connectivity index (χ4n) is 3.29. The lowest BCUT2D eigenvalue weighted by Gasteiger charge is -2.26. The molecule has 28 heavy (non-hydrogen) atoms. The summed E-state index contributed by atoms with van der Waals surface area (Å²) in [7, 11) is 0. The van der Waals surface area contributed by atoms with Crippen molar-refractivity contribution in [3.05, 3.63) is 69.7 Å². The summed E-state index contributed by atoms with van der Waals surface area (Å²) >= 11 is 3.44. The zero-order chi connectivity index (χ0) is 19.8. The molecule has 0 saturated carbocycles. The highest BCUT2D eigenvalue weighted by molar-refractivity contribution is 9.10. The molecular weight excluding hydrogens is 418 g/mol. The number of nitrogens with zero attached hydrogens (tertiary/aromatic N) is 1. The lowest BCUT2D eigenvalue weighted by molar-refractivity contribution is 0.0342. The third-order valence-electron chi connectivity index (χ3n) is 4.97. The summed E-state index contributed by atoms with van der Waals surface area (Å²) in [6.45, 7) is 7.14. The molecule has 6 heteroatoms. The molecule has 2 aromatic rings. The maximum Gasteiger partial charge on any atom is 0.315 e. The van der Waals surface area contributed by atoms with Crippen LogP contribution in [0.2, 0.25) is 0 Å². The van der Waals surface area contributed by atoms with Gasteiger partial charge in [0.05, 0.1) is 19.3 Å². The minimum Gasteiger partial charge on any atom is -0.379 e. The number of ether oxygens (including phenoxy) is 1. The molecule has 2 aromatic carbocycles. The van der Waals surface area contributed by atoms with Gasteiger partial charge in [0.2, 0.25) is 0 Å². The molecule has 1 aliphatic rings. The van der Waals surface area contributed by atoms with Crippen molar-refractivity contribution in [2.24, 2.45) is 0 Å². The summed E-state index contributed by atoms with van der Waals surface area (Å²) in [6.07, 6.45) is 0.839. The summed E-state index contributed by atoms with van der Waals surface area (Å²) < 4.78 is 6.42. The quantitative estimate of drug-likeness (QED) is 0.670. The van der Waals surface area contributed by atoms with Crippen LogP contribution in [0.15, 0.2) is 53.0 Å². The number of halogens is 1. The molecule has 0 aromatic heterocycles. The second kappa shape index (κ2) is 10.6. The van der Waals surface area contributed by atoms with Crippen LogP contribution in [0, 0.1) is 0 Å². The van der Waals surface area contributed by atoms with Crippen LogP contribution in [0.5, 0.6) is 0 Å². The second-order valence-corrected chi connectivity index (χ2v) is 7.96. The molecule has 150 valence electrons. The number of carbonyl (C=O) groups excluding carboxylic acids is 1. The number of amides is 2. The van der Waals surface area contributed by atoms with E-state index in [-0.39, 0.29) is 12.1 Å². The van der Waals surface area contributed by atoms with Gasteiger partial charge < -0.3 is 15.4 Å². The van der Waals surface area contributed by atoms with E-state index in [1.807, 2.05) is 24.3 Å². The summed E-state index contributed by atoms with van der Waals surface area (Å²) in [5, 5.41) is 6.01. The van der Waals surface area contributed by atoms with E-state index in [1.165, 1.54) is 5.56 Å². The molecule has 1 atom stereocenters. The highest BCUT2D eigenvalue weighted by Gasteiger charge is 2.13. The summed E-state index contributed by atoms with van der Waals surface area (Å²) in [5.41, 5.74) is 3.49. The molecule has 3 rings (SSSR count). The standard InChI is InChI=1S/C22H28BrN3O2/c1-2-21(19-7-9-20(23)10-8-19)25-22(27)24-15-17-3-5-18(6-4-17)16-26-11-13-28-14-12-26/h3-10,21H,2,11-16H2,1H3,(H2,24,25,27)/t21-/m0/s1. The maximum absolute atomic E-state index is 12.3. The van der Waals surface area contributed by atoms with Crippen LogP contribution in [0.1, 0.15) is 36.1 Å². The summed E-state index contributed by atoms with van der Waals surface area (Å²) in [6, 6.07) is 16.4. The molecule has 2 N–H and O–H groups in total. The van der Waals surface area contributed by atoms with E-state index in [2.05, 4.69) is 62.7 Å².